The van der Waals surface area contributed by atoms with E-state index in [1.54, 1.807) is 12.4 Å². The first-order chi connectivity index (χ1) is 10.1. The minimum absolute atomic E-state index is 0.442. The van der Waals surface area contributed by atoms with Crippen molar-refractivity contribution in [2.24, 2.45) is 0 Å². The minimum atomic E-state index is 0.442. The molecular formula is C16H15N5. The second kappa shape index (κ2) is 5.28. The van der Waals surface area contributed by atoms with Gasteiger partial charge in [-0.25, -0.2) is 19.9 Å². The summed E-state index contributed by atoms with van der Waals surface area (Å²) in [5.74, 6) is 1.37. The Balaban J connectivity index is 2.16. The highest BCUT2D eigenvalue weighted by Crippen LogP contribution is 2.26. The van der Waals surface area contributed by atoms with Gasteiger partial charge in [-0.2, -0.15) is 0 Å². The fourth-order valence-electron chi connectivity index (χ4n) is 2.02. The Bertz CT molecular complexity index is 767. The van der Waals surface area contributed by atoms with E-state index in [0.29, 0.717) is 17.5 Å². The van der Waals surface area contributed by atoms with Crippen molar-refractivity contribution in [3.8, 4) is 22.9 Å². The molecule has 2 aromatic heterocycles. The predicted octanol–water partition coefficient (Wildman–Crippen LogP) is 2.80. The molecule has 0 fully saturated rings. The maximum absolute atomic E-state index is 6.02. The molecule has 0 saturated carbocycles. The van der Waals surface area contributed by atoms with Crippen LogP contribution in [0.4, 0.5) is 5.82 Å². The van der Waals surface area contributed by atoms with Gasteiger partial charge in [0, 0.05) is 23.5 Å². The zero-order valence-corrected chi connectivity index (χ0v) is 11.9. The predicted molar refractivity (Wildman–Crippen MR) is 82.4 cm³/mol. The van der Waals surface area contributed by atoms with Crippen LogP contribution in [0.15, 0.2) is 42.7 Å². The van der Waals surface area contributed by atoms with Crippen LogP contribution in [-0.2, 0) is 0 Å². The average molecular weight is 277 g/mol. The van der Waals surface area contributed by atoms with Gasteiger partial charge in [0.1, 0.15) is 5.82 Å². The van der Waals surface area contributed by atoms with Crippen molar-refractivity contribution >= 4 is 5.82 Å². The number of nitrogens with two attached hydrogens (primary N) is 1. The van der Waals surface area contributed by atoms with E-state index in [9.17, 15) is 0 Å². The lowest BCUT2D eigenvalue weighted by molar-refractivity contribution is 1.06. The molecule has 0 saturated heterocycles. The molecule has 2 heterocycles. The standard InChI is InChI=1S/C16H15N5/c1-10-8-18-15(19-9-10)16-20-13(11(2)14(17)21-16)12-6-4-3-5-7-12/h3-9H,1-2H3,(H2,17,20,21). The Morgan fingerprint density at radius 2 is 1.52 bits per heavy atom. The molecule has 0 atom stereocenters. The molecule has 0 bridgehead atoms. The molecule has 1 aromatic carbocycles. The topological polar surface area (TPSA) is 77.6 Å². The van der Waals surface area contributed by atoms with Crippen LogP contribution in [0.3, 0.4) is 0 Å². The molecule has 104 valence electrons. The number of hydrogen-bond acceptors (Lipinski definition) is 5. The average Bonchev–Trinajstić information content (AvgIpc) is 2.51. The van der Waals surface area contributed by atoms with E-state index in [0.717, 1.165) is 22.4 Å². The van der Waals surface area contributed by atoms with Crippen LogP contribution >= 0.6 is 0 Å². The van der Waals surface area contributed by atoms with Gasteiger partial charge in [-0.15, -0.1) is 0 Å². The summed E-state index contributed by atoms with van der Waals surface area (Å²) in [4.78, 5) is 17.4. The first kappa shape index (κ1) is 13.2. The SMILES string of the molecule is Cc1cnc(-c2nc(N)c(C)c(-c3ccccc3)n2)nc1. The number of aryl methyl sites for hydroxylation is 1. The van der Waals surface area contributed by atoms with Gasteiger partial charge in [-0.1, -0.05) is 30.3 Å². The quantitative estimate of drug-likeness (QED) is 0.779. The lowest BCUT2D eigenvalue weighted by Crippen LogP contribution is -2.04. The van der Waals surface area contributed by atoms with Crippen LogP contribution in [0, 0.1) is 13.8 Å². The Kier molecular flexibility index (Phi) is 3.31. The summed E-state index contributed by atoms with van der Waals surface area (Å²) in [6, 6.07) is 9.89. The van der Waals surface area contributed by atoms with Crippen LogP contribution in [0.25, 0.3) is 22.9 Å². The van der Waals surface area contributed by atoms with Gasteiger partial charge in [-0.3, -0.25) is 0 Å². The summed E-state index contributed by atoms with van der Waals surface area (Å²) in [7, 11) is 0. The van der Waals surface area contributed by atoms with Crippen LogP contribution in [0.2, 0.25) is 0 Å². The van der Waals surface area contributed by atoms with Gasteiger partial charge in [-0.05, 0) is 19.4 Å². The van der Waals surface area contributed by atoms with E-state index < -0.39 is 0 Å². The van der Waals surface area contributed by atoms with Gasteiger partial charge in [0.15, 0.2) is 11.6 Å². The van der Waals surface area contributed by atoms with Crippen molar-refractivity contribution < 1.29 is 0 Å². The van der Waals surface area contributed by atoms with Gasteiger partial charge >= 0.3 is 0 Å². The second-order valence-corrected chi connectivity index (χ2v) is 4.86. The number of anilines is 1. The Morgan fingerprint density at radius 3 is 2.19 bits per heavy atom. The number of rotatable bonds is 2. The van der Waals surface area contributed by atoms with E-state index >= 15 is 0 Å². The highest BCUT2D eigenvalue weighted by Gasteiger charge is 2.13. The summed E-state index contributed by atoms with van der Waals surface area (Å²) < 4.78 is 0. The number of nitrogens with zero attached hydrogens (tertiary/aromatic N) is 4. The molecule has 5 nitrogen and oxygen atoms in total. The maximum atomic E-state index is 6.02. The molecule has 0 unspecified atom stereocenters. The molecule has 3 rings (SSSR count). The summed E-state index contributed by atoms with van der Waals surface area (Å²) in [5.41, 5.74) is 9.67. The highest BCUT2D eigenvalue weighted by molar-refractivity contribution is 5.69. The van der Waals surface area contributed by atoms with Crippen molar-refractivity contribution in [3.05, 3.63) is 53.9 Å². The first-order valence-electron chi connectivity index (χ1n) is 6.63. The molecule has 0 spiro atoms. The van der Waals surface area contributed by atoms with Crippen molar-refractivity contribution in [3.63, 3.8) is 0 Å². The number of hydrogen-bond donors (Lipinski definition) is 1. The van der Waals surface area contributed by atoms with Gasteiger partial charge in [0.05, 0.1) is 5.69 Å². The molecule has 5 heteroatoms. The minimum Gasteiger partial charge on any atom is -0.383 e. The summed E-state index contributed by atoms with van der Waals surface area (Å²) >= 11 is 0. The van der Waals surface area contributed by atoms with E-state index in [4.69, 9.17) is 5.73 Å². The van der Waals surface area contributed by atoms with Gasteiger partial charge in [0.2, 0.25) is 0 Å². The molecule has 0 aliphatic heterocycles. The third-order valence-electron chi connectivity index (χ3n) is 3.21. The Labute approximate surface area is 122 Å². The third-order valence-corrected chi connectivity index (χ3v) is 3.21. The van der Waals surface area contributed by atoms with E-state index in [1.807, 2.05) is 44.2 Å². The molecule has 0 radical (unpaired) electrons. The van der Waals surface area contributed by atoms with E-state index in [2.05, 4.69) is 19.9 Å². The van der Waals surface area contributed by atoms with Gasteiger partial charge < -0.3 is 5.73 Å². The zero-order valence-electron chi connectivity index (χ0n) is 11.9. The van der Waals surface area contributed by atoms with Crippen molar-refractivity contribution in [1.29, 1.82) is 0 Å². The molecule has 3 aromatic rings. The summed E-state index contributed by atoms with van der Waals surface area (Å²) in [6.07, 6.45) is 3.48. The fraction of sp³-hybridized carbons (Fsp3) is 0.125. The zero-order chi connectivity index (χ0) is 14.8. The normalized spacial score (nSPS) is 10.6. The monoisotopic (exact) mass is 277 g/mol. The molecule has 2 N–H and O–H groups in total. The highest BCUT2D eigenvalue weighted by atomic mass is 15.0. The Hall–Kier alpha value is -2.82. The molecule has 21 heavy (non-hydrogen) atoms. The molecule has 0 aliphatic rings. The fourth-order valence-corrected chi connectivity index (χ4v) is 2.02. The summed E-state index contributed by atoms with van der Waals surface area (Å²) in [6.45, 7) is 3.85. The number of nitrogen functional groups attached to an aromatic ring is 1. The van der Waals surface area contributed by atoms with E-state index in [-0.39, 0.29) is 0 Å². The van der Waals surface area contributed by atoms with E-state index in [1.165, 1.54) is 0 Å². The van der Waals surface area contributed by atoms with Crippen molar-refractivity contribution in [2.75, 3.05) is 5.73 Å². The molecule has 0 amide bonds. The number of aromatic nitrogens is 4. The molecular weight excluding hydrogens is 262 g/mol. The van der Waals surface area contributed by atoms with Crippen LogP contribution in [-0.4, -0.2) is 19.9 Å². The first-order valence-corrected chi connectivity index (χ1v) is 6.63. The number of benzene rings is 1. The van der Waals surface area contributed by atoms with Crippen molar-refractivity contribution in [2.45, 2.75) is 13.8 Å². The lowest BCUT2D eigenvalue weighted by Gasteiger charge is -2.09. The molecule has 0 aliphatic carbocycles. The van der Waals surface area contributed by atoms with Gasteiger partial charge in [0.25, 0.3) is 0 Å². The maximum Gasteiger partial charge on any atom is 0.200 e. The smallest absolute Gasteiger partial charge is 0.200 e. The Morgan fingerprint density at radius 1 is 0.857 bits per heavy atom. The van der Waals surface area contributed by atoms with Crippen molar-refractivity contribution in [1.82, 2.24) is 19.9 Å². The summed E-state index contributed by atoms with van der Waals surface area (Å²) in [5, 5.41) is 0. The second-order valence-electron chi connectivity index (χ2n) is 4.86. The van der Waals surface area contributed by atoms with Crippen LogP contribution < -0.4 is 5.73 Å². The van der Waals surface area contributed by atoms with Crippen LogP contribution in [0.1, 0.15) is 11.1 Å². The largest absolute Gasteiger partial charge is 0.383 e. The third kappa shape index (κ3) is 2.58. The lowest BCUT2D eigenvalue weighted by atomic mass is 10.1. The van der Waals surface area contributed by atoms with Crippen LogP contribution in [0.5, 0.6) is 0 Å².